The molecule has 2 aromatic rings. The van der Waals surface area contributed by atoms with E-state index in [1.54, 1.807) is 18.2 Å². The van der Waals surface area contributed by atoms with Gasteiger partial charge < -0.3 is 20.1 Å². The topological polar surface area (TPSA) is 76.7 Å². The van der Waals surface area contributed by atoms with Crippen LogP contribution in [0.25, 0.3) is 0 Å². The molecule has 0 unspecified atom stereocenters. The van der Waals surface area contributed by atoms with E-state index >= 15 is 0 Å². The molecule has 0 aromatic heterocycles. The number of para-hydroxylation sites is 1. The Labute approximate surface area is 151 Å². The van der Waals surface area contributed by atoms with E-state index in [-0.39, 0.29) is 18.4 Å². The zero-order valence-electron chi connectivity index (χ0n) is 14.3. The Kier molecular flexibility index (Phi) is 4.48. The van der Waals surface area contributed by atoms with Crippen LogP contribution in [0.2, 0.25) is 0 Å². The van der Waals surface area contributed by atoms with Crippen LogP contribution in [-0.4, -0.2) is 31.6 Å². The first-order valence-electron chi connectivity index (χ1n) is 8.74. The van der Waals surface area contributed by atoms with Crippen LogP contribution in [0, 0.1) is 5.92 Å². The monoisotopic (exact) mass is 352 g/mol. The lowest BCUT2D eigenvalue weighted by molar-refractivity contribution is -0.118. The number of hydrogen-bond acceptors (Lipinski definition) is 4. The molecule has 2 amide bonds. The van der Waals surface area contributed by atoms with E-state index in [2.05, 4.69) is 16.7 Å². The number of carbonyl (C=O) groups excluding carboxylic acids is 2. The van der Waals surface area contributed by atoms with Gasteiger partial charge in [0.1, 0.15) is 11.5 Å². The van der Waals surface area contributed by atoms with Crippen molar-refractivity contribution in [2.24, 2.45) is 5.92 Å². The highest BCUT2D eigenvalue weighted by atomic mass is 16.5. The minimum absolute atomic E-state index is 0.0282. The standard InChI is InChI=1S/C20H20N2O4/c23-19-12-26-18-10-15(5-6-16(18)22-19)20(24)21-11-13-7-8-25-17-4-2-1-3-14(17)9-13/h1-6,10,13H,7-9,11-12H2,(H,21,24)(H,22,23)/t13-/m0/s1. The van der Waals surface area contributed by atoms with Crippen molar-refractivity contribution in [1.29, 1.82) is 0 Å². The molecule has 6 heteroatoms. The Hall–Kier alpha value is -3.02. The van der Waals surface area contributed by atoms with Crippen molar-refractivity contribution in [2.75, 3.05) is 25.1 Å². The first kappa shape index (κ1) is 16.4. The maximum atomic E-state index is 12.5. The van der Waals surface area contributed by atoms with Crippen molar-refractivity contribution in [3.05, 3.63) is 53.6 Å². The normalized spacial score (nSPS) is 18.3. The quantitative estimate of drug-likeness (QED) is 0.889. The van der Waals surface area contributed by atoms with E-state index in [9.17, 15) is 9.59 Å². The van der Waals surface area contributed by atoms with E-state index in [1.165, 1.54) is 5.56 Å². The number of fused-ring (bicyclic) bond motifs is 2. The van der Waals surface area contributed by atoms with Crippen molar-refractivity contribution in [3.8, 4) is 11.5 Å². The summed E-state index contributed by atoms with van der Waals surface area (Å²) in [5.41, 5.74) is 2.29. The third-order valence-electron chi connectivity index (χ3n) is 4.69. The van der Waals surface area contributed by atoms with Gasteiger partial charge in [0.15, 0.2) is 6.61 Å². The Morgan fingerprint density at radius 2 is 2.04 bits per heavy atom. The number of nitrogens with one attached hydrogen (secondary N) is 2. The maximum absolute atomic E-state index is 12.5. The number of ether oxygens (including phenoxy) is 2. The number of benzene rings is 2. The van der Waals surface area contributed by atoms with Gasteiger partial charge in [-0.15, -0.1) is 0 Å². The Bertz CT molecular complexity index is 849. The van der Waals surface area contributed by atoms with E-state index in [0.717, 1.165) is 18.6 Å². The van der Waals surface area contributed by atoms with Crippen LogP contribution in [0.15, 0.2) is 42.5 Å². The van der Waals surface area contributed by atoms with E-state index < -0.39 is 0 Å². The second-order valence-electron chi connectivity index (χ2n) is 6.57. The molecular formula is C20H20N2O4. The molecule has 2 heterocycles. The summed E-state index contributed by atoms with van der Waals surface area (Å²) in [6, 6.07) is 13.1. The molecule has 6 nitrogen and oxygen atoms in total. The molecule has 2 N–H and O–H groups in total. The van der Waals surface area contributed by atoms with Crippen LogP contribution < -0.4 is 20.1 Å². The molecule has 0 saturated carbocycles. The van der Waals surface area contributed by atoms with Crippen molar-refractivity contribution in [2.45, 2.75) is 12.8 Å². The molecule has 1 atom stereocenters. The predicted octanol–water partition coefficient (Wildman–Crippen LogP) is 2.39. The summed E-state index contributed by atoms with van der Waals surface area (Å²) < 4.78 is 11.1. The fourth-order valence-electron chi connectivity index (χ4n) is 3.29. The van der Waals surface area contributed by atoms with Crippen molar-refractivity contribution < 1.29 is 19.1 Å². The first-order chi connectivity index (χ1) is 12.7. The minimum Gasteiger partial charge on any atom is -0.493 e. The third kappa shape index (κ3) is 3.49. The molecule has 2 aliphatic rings. The minimum atomic E-state index is -0.189. The van der Waals surface area contributed by atoms with Gasteiger partial charge in [0, 0.05) is 12.1 Å². The molecule has 0 fully saturated rings. The van der Waals surface area contributed by atoms with Gasteiger partial charge in [0.05, 0.1) is 12.3 Å². The Morgan fingerprint density at radius 1 is 1.15 bits per heavy atom. The van der Waals surface area contributed by atoms with Gasteiger partial charge in [-0.2, -0.15) is 0 Å². The second kappa shape index (κ2) is 7.07. The smallest absolute Gasteiger partial charge is 0.262 e. The van der Waals surface area contributed by atoms with Gasteiger partial charge in [-0.25, -0.2) is 0 Å². The van der Waals surface area contributed by atoms with Crippen LogP contribution in [0.1, 0.15) is 22.3 Å². The molecule has 134 valence electrons. The molecule has 0 spiro atoms. The number of amides is 2. The van der Waals surface area contributed by atoms with E-state index in [4.69, 9.17) is 9.47 Å². The molecule has 0 aliphatic carbocycles. The van der Waals surface area contributed by atoms with Crippen molar-refractivity contribution in [3.63, 3.8) is 0 Å². The zero-order valence-corrected chi connectivity index (χ0v) is 14.3. The third-order valence-corrected chi connectivity index (χ3v) is 4.69. The van der Waals surface area contributed by atoms with E-state index in [0.29, 0.717) is 36.1 Å². The number of carbonyl (C=O) groups is 2. The van der Waals surface area contributed by atoms with Gasteiger partial charge in [-0.1, -0.05) is 18.2 Å². The first-order valence-corrected chi connectivity index (χ1v) is 8.74. The fraction of sp³-hybridized carbons (Fsp3) is 0.300. The lowest BCUT2D eigenvalue weighted by atomic mass is 9.97. The second-order valence-corrected chi connectivity index (χ2v) is 6.57. The maximum Gasteiger partial charge on any atom is 0.262 e. The van der Waals surface area contributed by atoms with Crippen LogP contribution in [-0.2, 0) is 11.2 Å². The van der Waals surface area contributed by atoms with Crippen LogP contribution >= 0.6 is 0 Å². The summed E-state index contributed by atoms with van der Waals surface area (Å²) >= 11 is 0. The molecule has 2 aliphatic heterocycles. The summed E-state index contributed by atoms with van der Waals surface area (Å²) in [6.07, 6.45) is 1.78. The van der Waals surface area contributed by atoms with Gasteiger partial charge in [-0.05, 0) is 48.6 Å². The van der Waals surface area contributed by atoms with Gasteiger partial charge >= 0.3 is 0 Å². The van der Waals surface area contributed by atoms with Gasteiger partial charge in [0.25, 0.3) is 11.8 Å². The van der Waals surface area contributed by atoms with E-state index in [1.807, 2.05) is 18.2 Å². The molecule has 2 aromatic carbocycles. The Balaban J connectivity index is 1.39. The molecule has 26 heavy (non-hydrogen) atoms. The molecule has 0 radical (unpaired) electrons. The van der Waals surface area contributed by atoms with Gasteiger partial charge in [-0.3, -0.25) is 9.59 Å². The molecule has 4 rings (SSSR count). The van der Waals surface area contributed by atoms with Gasteiger partial charge in [0.2, 0.25) is 0 Å². The van der Waals surface area contributed by atoms with Crippen LogP contribution in [0.5, 0.6) is 11.5 Å². The average Bonchev–Trinajstić information content (AvgIpc) is 2.87. The van der Waals surface area contributed by atoms with Crippen molar-refractivity contribution in [1.82, 2.24) is 5.32 Å². The summed E-state index contributed by atoms with van der Waals surface area (Å²) in [5.74, 6) is 1.46. The van der Waals surface area contributed by atoms with Crippen molar-refractivity contribution >= 4 is 17.5 Å². The zero-order chi connectivity index (χ0) is 17.9. The van der Waals surface area contributed by atoms with Crippen LogP contribution in [0.4, 0.5) is 5.69 Å². The highest BCUT2D eigenvalue weighted by Gasteiger charge is 2.20. The fourth-order valence-corrected chi connectivity index (χ4v) is 3.29. The number of anilines is 1. The lowest BCUT2D eigenvalue weighted by Crippen LogP contribution is -2.31. The molecule has 0 bridgehead atoms. The number of hydrogen-bond donors (Lipinski definition) is 2. The Morgan fingerprint density at radius 3 is 2.96 bits per heavy atom. The van der Waals surface area contributed by atoms with Crippen LogP contribution in [0.3, 0.4) is 0 Å². The largest absolute Gasteiger partial charge is 0.493 e. The highest BCUT2D eigenvalue weighted by molar-refractivity contribution is 5.98. The summed E-state index contributed by atoms with van der Waals surface area (Å²) in [4.78, 5) is 23.8. The summed E-state index contributed by atoms with van der Waals surface area (Å²) in [6.45, 7) is 1.22. The highest BCUT2D eigenvalue weighted by Crippen LogP contribution is 2.29. The number of rotatable bonds is 3. The predicted molar refractivity (Wildman–Crippen MR) is 96.6 cm³/mol. The molecule has 0 saturated heterocycles. The SMILES string of the molecule is O=C1COc2cc(C(=O)NC[C@H]3CCOc4ccccc4C3)ccc2N1. The summed E-state index contributed by atoms with van der Waals surface area (Å²) in [5, 5.41) is 5.72. The molecular weight excluding hydrogens is 332 g/mol. The average molecular weight is 352 g/mol. The lowest BCUT2D eigenvalue weighted by Gasteiger charge is -2.19. The summed E-state index contributed by atoms with van der Waals surface area (Å²) in [7, 11) is 0.